The van der Waals surface area contributed by atoms with Gasteiger partial charge in [0.1, 0.15) is 5.69 Å². The number of anilines is 1. The third-order valence-corrected chi connectivity index (χ3v) is 9.11. The summed E-state index contributed by atoms with van der Waals surface area (Å²) in [5.74, 6) is 1.05. The number of aromatic nitrogens is 2. The average molecular weight is 797 g/mol. The van der Waals surface area contributed by atoms with Gasteiger partial charge in [-0.05, 0) is 43.9 Å². The number of amides is 1. The first kappa shape index (κ1) is 43.4. The number of nitrogens with zero attached hydrogens (tertiary/aromatic N) is 4. The quantitative estimate of drug-likeness (QED) is 0.178. The monoisotopic (exact) mass is 795 g/mol. The second-order valence-electron chi connectivity index (χ2n) is 11.9. The van der Waals surface area contributed by atoms with Crippen molar-refractivity contribution in [2.24, 2.45) is 0 Å². The molecule has 2 aromatic heterocycles. The number of alkyl halides is 1. The zero-order valence-corrected chi connectivity index (χ0v) is 32.2. The van der Waals surface area contributed by atoms with E-state index in [1.807, 2.05) is 6.07 Å². The van der Waals surface area contributed by atoms with Gasteiger partial charge in [0.25, 0.3) is 5.91 Å². The number of fused-ring (bicyclic) bond motifs is 4. The molecule has 12 nitrogen and oxygen atoms in total. The molecule has 2 aromatic carbocycles. The van der Waals surface area contributed by atoms with Crippen molar-refractivity contribution in [3.63, 3.8) is 0 Å². The molecule has 0 radical (unpaired) electrons. The van der Waals surface area contributed by atoms with E-state index in [4.69, 9.17) is 25.8 Å². The van der Waals surface area contributed by atoms with Crippen LogP contribution in [0.4, 0.5) is 5.69 Å². The summed E-state index contributed by atoms with van der Waals surface area (Å²) in [5.41, 5.74) is 2.78. The van der Waals surface area contributed by atoms with Crippen molar-refractivity contribution in [1.29, 1.82) is 0 Å². The van der Waals surface area contributed by atoms with Crippen molar-refractivity contribution in [3.8, 4) is 23.0 Å². The molecule has 6 rings (SSSR count). The third kappa shape index (κ3) is 9.58. The molecular weight excluding hydrogens is 752 g/mol. The Balaban J connectivity index is 0.000000436. The van der Waals surface area contributed by atoms with E-state index in [9.17, 15) is 9.90 Å². The maximum absolute atomic E-state index is 13.6. The number of ether oxygens (including phenoxy) is 3. The van der Waals surface area contributed by atoms with Crippen LogP contribution >= 0.6 is 11.6 Å². The van der Waals surface area contributed by atoms with Crippen molar-refractivity contribution in [2.45, 2.75) is 5.92 Å². The number of benzene rings is 2. The van der Waals surface area contributed by atoms with E-state index >= 15 is 0 Å². The number of methoxy groups -OCH3 is 3. The summed E-state index contributed by atoms with van der Waals surface area (Å²) in [5, 5.41) is 21.1. The Bertz CT molecular complexity index is 1670. The minimum atomic E-state index is -0.275. The number of rotatable bonds is 5. The number of halogens is 3. The van der Waals surface area contributed by atoms with Crippen LogP contribution < -0.4 is 59.7 Å². The normalized spacial score (nSPS) is 17.1. The van der Waals surface area contributed by atoms with Crippen LogP contribution in [-0.2, 0) is 16.8 Å². The van der Waals surface area contributed by atoms with E-state index in [2.05, 4.69) is 44.5 Å². The largest absolute Gasteiger partial charge is 3.00 e. The fourth-order valence-electron chi connectivity index (χ4n) is 6.17. The summed E-state index contributed by atoms with van der Waals surface area (Å²) in [6.07, 6.45) is 1.59. The van der Waals surface area contributed by atoms with Gasteiger partial charge in [0, 0.05) is 93.4 Å². The number of pyridine rings is 1. The summed E-state index contributed by atoms with van der Waals surface area (Å²) >= 11 is 6.27. The van der Waals surface area contributed by atoms with Crippen molar-refractivity contribution in [2.75, 3.05) is 105 Å². The van der Waals surface area contributed by atoms with Gasteiger partial charge in [0.2, 0.25) is 5.75 Å². The number of hydrogen-bond acceptors (Lipinski definition) is 10. The van der Waals surface area contributed by atoms with Crippen LogP contribution in [0.1, 0.15) is 22.0 Å². The Hall–Kier alpha value is -2.72. The van der Waals surface area contributed by atoms with Gasteiger partial charge in [-0.2, -0.15) is 0 Å². The van der Waals surface area contributed by atoms with Crippen LogP contribution in [0, 0.1) is 0 Å². The molecular formula is C34H45Cl3CoN7O5. The van der Waals surface area contributed by atoms with Crippen LogP contribution in [0.2, 0.25) is 0 Å². The maximum Gasteiger partial charge on any atom is 3.00 e. The molecule has 50 heavy (non-hydrogen) atoms. The smallest absolute Gasteiger partial charge is 1.00 e. The molecule has 1 unspecified atom stereocenters. The molecule has 0 bridgehead atoms. The van der Waals surface area contributed by atoms with Gasteiger partial charge in [-0.15, -0.1) is 11.6 Å². The van der Waals surface area contributed by atoms with E-state index in [1.54, 1.807) is 29.3 Å². The minimum Gasteiger partial charge on any atom is -1.00 e. The zero-order chi connectivity index (χ0) is 33.5. The molecule has 1 saturated heterocycles. The molecule has 276 valence electrons. The number of H-pyrrole nitrogens is 1. The van der Waals surface area contributed by atoms with Crippen molar-refractivity contribution < 1.29 is 65.7 Å². The summed E-state index contributed by atoms with van der Waals surface area (Å²) < 4.78 is 16.4. The fraction of sp³-hybridized carbons (Fsp3) is 0.471. The van der Waals surface area contributed by atoms with Gasteiger partial charge in [-0.25, -0.2) is 0 Å². The predicted molar refractivity (Wildman–Crippen MR) is 185 cm³/mol. The van der Waals surface area contributed by atoms with E-state index in [0.29, 0.717) is 52.1 Å². The van der Waals surface area contributed by atoms with Gasteiger partial charge in [-0.1, -0.05) is 11.8 Å². The molecule has 0 saturated carbocycles. The number of hydrogen-bond donors (Lipinski definition) is 3. The van der Waals surface area contributed by atoms with Crippen LogP contribution in [0.15, 0.2) is 36.5 Å². The molecule has 0 aliphatic carbocycles. The van der Waals surface area contributed by atoms with Gasteiger partial charge >= 0.3 is 16.8 Å². The maximum atomic E-state index is 13.6. The van der Waals surface area contributed by atoms with E-state index < -0.39 is 0 Å². The van der Waals surface area contributed by atoms with Crippen LogP contribution in [0.5, 0.6) is 23.0 Å². The van der Waals surface area contributed by atoms with Crippen LogP contribution in [0.25, 0.3) is 21.8 Å². The Morgan fingerprint density at radius 2 is 1.54 bits per heavy atom. The standard InChI is InChI=1S/C24H22ClN3O5.C10H24N4.2ClH.Co/c1-31-18-8-12-7-15(27-20(12)23(33-3)22(18)32-2)24(30)28-11-13(10-25)19-14-5-4-6-26-21(14)17(29)9-16(19)28;1-13-7-3-11-5-9-14(2)10-6-12-4-8-13;;;/h4-9,13,27,29H,10-11H2,1-3H3;11-12H,3-10H2,1-2H3;2*1H;/q;;;;+3/p-3. The van der Waals surface area contributed by atoms with Crippen molar-refractivity contribution in [3.05, 3.63) is 47.8 Å². The first-order valence-corrected chi connectivity index (χ1v) is 16.4. The number of likely N-dealkylation sites (N-methyl/N-ethyl adjacent to an activating group) is 2. The van der Waals surface area contributed by atoms with Gasteiger partial charge < -0.3 is 74.4 Å². The first-order valence-electron chi connectivity index (χ1n) is 15.9. The van der Waals surface area contributed by atoms with Crippen molar-refractivity contribution >= 4 is 45.0 Å². The Labute approximate surface area is 321 Å². The number of nitrogens with one attached hydrogen (secondary N) is 3. The number of carbonyl (C=O) groups excluding carboxylic acids is 1. The number of carbonyl (C=O) groups is 1. The molecule has 4 aromatic rings. The third-order valence-electron chi connectivity index (χ3n) is 8.74. The first-order chi connectivity index (χ1) is 22.8. The molecule has 1 fully saturated rings. The van der Waals surface area contributed by atoms with Gasteiger partial charge in [0.15, 0.2) is 11.5 Å². The Morgan fingerprint density at radius 3 is 2.08 bits per heavy atom. The molecule has 1 amide bonds. The average Bonchev–Trinajstić information content (AvgIpc) is 3.68. The molecule has 2 aliphatic heterocycles. The van der Waals surface area contributed by atoms with Crippen LogP contribution in [-0.4, -0.2) is 126 Å². The molecule has 0 spiro atoms. The van der Waals surface area contributed by atoms with Gasteiger partial charge in [0.05, 0.1) is 32.4 Å². The molecule has 16 heteroatoms. The SMILES string of the molecule is CN1CCNCCN(C)CCNCC1.COc1cc2cc(C(=O)N3CC(CCl)c4c3cc([O-])c3ncccc43)[nH]c2c(OC)c1OC.[Cl-].[Cl-].[Co+3]. The van der Waals surface area contributed by atoms with Crippen LogP contribution in [0.3, 0.4) is 0 Å². The Morgan fingerprint density at radius 1 is 0.940 bits per heavy atom. The summed E-state index contributed by atoms with van der Waals surface area (Å²) in [6, 6.07) is 8.62. The molecule has 4 heterocycles. The second kappa shape index (κ2) is 20.3. The molecule has 3 N–H and O–H groups in total. The van der Waals surface area contributed by atoms with E-state index in [0.717, 1.165) is 68.7 Å². The second-order valence-corrected chi connectivity index (χ2v) is 12.2. The molecule has 1 atom stereocenters. The summed E-state index contributed by atoms with van der Waals surface area (Å²) in [4.78, 5) is 27.4. The van der Waals surface area contributed by atoms with Gasteiger partial charge in [-0.3, -0.25) is 9.78 Å². The van der Waals surface area contributed by atoms with E-state index in [-0.39, 0.29) is 59.2 Å². The number of aromatic amines is 1. The van der Waals surface area contributed by atoms with E-state index in [1.165, 1.54) is 27.4 Å². The molecule has 2 aliphatic rings. The zero-order valence-electron chi connectivity index (χ0n) is 28.9. The minimum absolute atomic E-state index is 0. The summed E-state index contributed by atoms with van der Waals surface area (Å²) in [6.45, 7) is 9.35. The fourth-order valence-corrected chi connectivity index (χ4v) is 6.42. The topological polar surface area (TPSA) is 130 Å². The van der Waals surface area contributed by atoms with Crippen molar-refractivity contribution in [1.82, 2.24) is 30.4 Å². The summed E-state index contributed by atoms with van der Waals surface area (Å²) in [7, 11) is 8.95. The Kier molecular flexibility index (Phi) is 17.7. The predicted octanol–water partition coefficient (Wildman–Crippen LogP) is -3.15.